The number of hydrogen-bond donors (Lipinski definition) is 0. The van der Waals surface area contributed by atoms with Gasteiger partial charge in [-0.3, -0.25) is 14.9 Å². The molecule has 0 unspecified atom stereocenters. The van der Waals surface area contributed by atoms with Gasteiger partial charge in [-0.25, -0.2) is 4.79 Å². The first-order chi connectivity index (χ1) is 19.5. The number of carbonyl (C=O) groups excluding carboxylic acids is 1. The molecule has 3 fully saturated rings. The summed E-state index contributed by atoms with van der Waals surface area (Å²) in [5.41, 5.74) is 2.52. The summed E-state index contributed by atoms with van der Waals surface area (Å²) in [5, 5.41) is 0. The summed E-state index contributed by atoms with van der Waals surface area (Å²) in [6.07, 6.45) is 8.11. The minimum absolute atomic E-state index is 0.0977. The van der Waals surface area contributed by atoms with E-state index in [9.17, 15) is 4.79 Å². The zero-order valence-electron chi connectivity index (χ0n) is 22.8. The molecule has 1 aromatic carbocycles. The van der Waals surface area contributed by atoms with E-state index < -0.39 is 5.95 Å². The number of benzene rings is 1. The first-order valence-electron chi connectivity index (χ1n) is 14.1. The third-order valence-electron chi connectivity index (χ3n) is 8.39. The molecule has 2 aromatic heterocycles. The van der Waals surface area contributed by atoms with E-state index in [2.05, 4.69) is 24.8 Å². The monoisotopic (exact) mass is 546 g/mol. The average molecular weight is 547 g/mol. The van der Waals surface area contributed by atoms with Crippen LogP contribution in [0.3, 0.4) is 0 Å². The van der Waals surface area contributed by atoms with Crippen LogP contribution in [-0.2, 0) is 11.3 Å². The molecule has 0 radical (unpaired) electrons. The highest BCUT2D eigenvalue weighted by atomic mass is 19.1. The fraction of sp³-hybridized carbons (Fsp3) is 0.467. The number of halogens is 1. The van der Waals surface area contributed by atoms with Crippen molar-refractivity contribution in [2.75, 3.05) is 50.8 Å². The number of rotatable bonds is 7. The molecule has 6 rings (SSSR count). The van der Waals surface area contributed by atoms with Gasteiger partial charge < -0.3 is 19.3 Å². The Morgan fingerprint density at radius 1 is 1.12 bits per heavy atom. The molecule has 9 nitrogen and oxygen atoms in total. The van der Waals surface area contributed by atoms with E-state index in [1.165, 1.54) is 0 Å². The van der Waals surface area contributed by atoms with Crippen molar-refractivity contribution in [1.82, 2.24) is 24.8 Å². The quantitative estimate of drug-likeness (QED) is 0.404. The molecule has 3 aromatic rings. The van der Waals surface area contributed by atoms with Crippen LogP contribution < -0.4 is 9.64 Å². The first-order valence-corrected chi connectivity index (χ1v) is 14.1. The Bertz CT molecular complexity index is 1310. The van der Waals surface area contributed by atoms with Gasteiger partial charge in [-0.1, -0.05) is 30.3 Å². The average Bonchev–Trinajstić information content (AvgIpc) is 3.43. The Kier molecular flexibility index (Phi) is 7.51. The van der Waals surface area contributed by atoms with Crippen molar-refractivity contribution in [3.63, 3.8) is 0 Å². The lowest BCUT2D eigenvalue weighted by Crippen LogP contribution is -2.58. The van der Waals surface area contributed by atoms with Gasteiger partial charge in [0.2, 0.25) is 0 Å². The topological polar surface area (TPSA) is 83.9 Å². The van der Waals surface area contributed by atoms with Crippen molar-refractivity contribution < 1.29 is 18.7 Å². The van der Waals surface area contributed by atoms with Crippen LogP contribution in [0.4, 0.5) is 15.0 Å². The van der Waals surface area contributed by atoms with Crippen molar-refractivity contribution in [3.05, 3.63) is 66.5 Å². The number of hydrogen-bond acceptors (Lipinski definition) is 8. The molecule has 4 heterocycles. The Morgan fingerprint density at radius 2 is 1.93 bits per heavy atom. The molecule has 1 saturated carbocycles. The maximum absolute atomic E-state index is 15.2. The van der Waals surface area contributed by atoms with Gasteiger partial charge in [-0.2, -0.15) is 9.37 Å². The molecule has 0 N–H and O–H groups in total. The molecule has 1 aliphatic carbocycles. The van der Waals surface area contributed by atoms with Gasteiger partial charge in [0.25, 0.3) is 5.95 Å². The van der Waals surface area contributed by atoms with Gasteiger partial charge in [0.15, 0.2) is 5.75 Å². The zero-order chi connectivity index (χ0) is 27.5. The van der Waals surface area contributed by atoms with Crippen molar-refractivity contribution in [1.29, 1.82) is 0 Å². The third-order valence-corrected chi connectivity index (χ3v) is 8.39. The number of amides is 1. The second-order valence-corrected chi connectivity index (χ2v) is 11.0. The van der Waals surface area contributed by atoms with Crippen molar-refractivity contribution in [3.8, 4) is 17.0 Å². The molecule has 10 heteroatoms. The molecule has 2 saturated heterocycles. The summed E-state index contributed by atoms with van der Waals surface area (Å²) >= 11 is 0. The van der Waals surface area contributed by atoms with Gasteiger partial charge in [-0.15, -0.1) is 0 Å². The molecule has 0 bridgehead atoms. The molecule has 40 heavy (non-hydrogen) atoms. The van der Waals surface area contributed by atoms with Crippen LogP contribution in [0.25, 0.3) is 11.3 Å². The number of anilines is 1. The predicted octanol–water partition coefficient (Wildman–Crippen LogP) is 4.39. The molecule has 1 spiro atoms. The molecule has 2 aliphatic heterocycles. The Morgan fingerprint density at radius 3 is 2.65 bits per heavy atom. The lowest BCUT2D eigenvalue weighted by atomic mass is 9.78. The van der Waals surface area contributed by atoms with Crippen LogP contribution >= 0.6 is 0 Å². The normalized spacial score (nSPS) is 20.4. The summed E-state index contributed by atoms with van der Waals surface area (Å²) < 4.78 is 26.2. The number of piperazine rings is 1. The SMILES string of the molecule is CCOC(=O)N1CC2(CC[C@@H](N3CCN(c4nc(F)c(OCc5ccccc5)cc4-c4cnccn4)CC3)C2)C1. The van der Waals surface area contributed by atoms with Gasteiger partial charge in [-0.05, 0) is 37.8 Å². The van der Waals surface area contributed by atoms with Gasteiger partial charge in [0, 0.05) is 68.7 Å². The molecule has 210 valence electrons. The third kappa shape index (κ3) is 5.45. The van der Waals surface area contributed by atoms with Crippen LogP contribution in [0.2, 0.25) is 0 Å². The van der Waals surface area contributed by atoms with E-state index in [4.69, 9.17) is 9.47 Å². The first kappa shape index (κ1) is 26.4. The highest BCUT2D eigenvalue weighted by Crippen LogP contribution is 2.47. The maximum atomic E-state index is 15.2. The van der Waals surface area contributed by atoms with Gasteiger partial charge >= 0.3 is 6.09 Å². The van der Waals surface area contributed by atoms with E-state index in [0.29, 0.717) is 29.7 Å². The molecular formula is C30H35FN6O3. The van der Waals surface area contributed by atoms with Crippen molar-refractivity contribution in [2.24, 2.45) is 5.41 Å². The minimum atomic E-state index is -0.630. The molecule has 3 aliphatic rings. The van der Waals surface area contributed by atoms with E-state index in [1.54, 1.807) is 24.7 Å². The van der Waals surface area contributed by atoms with Crippen molar-refractivity contribution >= 4 is 11.9 Å². The Labute approximate surface area is 233 Å². The van der Waals surface area contributed by atoms with Crippen LogP contribution in [-0.4, -0.2) is 82.8 Å². The highest BCUT2D eigenvalue weighted by Gasteiger charge is 2.51. The summed E-state index contributed by atoms with van der Waals surface area (Å²) in [6.45, 7) is 7.32. The molecular weight excluding hydrogens is 511 g/mol. The van der Waals surface area contributed by atoms with E-state index in [-0.39, 0.29) is 23.9 Å². The second-order valence-electron chi connectivity index (χ2n) is 11.0. The second kappa shape index (κ2) is 11.4. The Hall–Kier alpha value is -3.79. The van der Waals surface area contributed by atoms with Gasteiger partial charge in [0.1, 0.15) is 12.4 Å². The summed E-state index contributed by atoms with van der Waals surface area (Å²) in [5.74, 6) is 0.0343. The number of nitrogens with zero attached hydrogens (tertiary/aromatic N) is 6. The molecule has 1 atom stereocenters. The van der Waals surface area contributed by atoms with Gasteiger partial charge in [0.05, 0.1) is 18.5 Å². The van der Waals surface area contributed by atoms with Crippen LogP contribution in [0.15, 0.2) is 55.0 Å². The van der Waals surface area contributed by atoms with Crippen LogP contribution in [0.5, 0.6) is 5.75 Å². The lowest BCUT2D eigenvalue weighted by molar-refractivity contribution is -0.00294. The van der Waals surface area contributed by atoms with E-state index >= 15 is 4.39 Å². The van der Waals surface area contributed by atoms with E-state index in [0.717, 1.165) is 64.1 Å². The fourth-order valence-electron chi connectivity index (χ4n) is 6.35. The Balaban J connectivity index is 1.12. The maximum Gasteiger partial charge on any atom is 0.409 e. The number of aromatic nitrogens is 3. The standard InChI is InChI=1S/C30H35FN6O3/c1-2-39-29(38)37-20-30(21-37)9-8-23(17-30)35-12-14-36(15-13-35)28-24(25-18-32-10-11-33-25)16-26(27(31)34-28)40-19-22-6-4-3-5-7-22/h3-7,10-11,16,18,23H,2,8-9,12-15,17,19-21H2,1H3/t23-/m1/s1. The number of carbonyl (C=O) groups is 1. The number of pyridine rings is 1. The summed E-state index contributed by atoms with van der Waals surface area (Å²) in [7, 11) is 0. The van der Waals surface area contributed by atoms with E-state index in [1.807, 2.05) is 42.2 Å². The largest absolute Gasteiger partial charge is 0.484 e. The predicted molar refractivity (Wildman–Crippen MR) is 148 cm³/mol. The number of ether oxygens (including phenoxy) is 2. The summed E-state index contributed by atoms with van der Waals surface area (Å²) in [4.78, 5) is 31.6. The van der Waals surface area contributed by atoms with Crippen molar-refractivity contribution in [2.45, 2.75) is 38.8 Å². The zero-order valence-corrected chi connectivity index (χ0v) is 22.8. The lowest BCUT2D eigenvalue weighted by Gasteiger charge is -2.48. The molecule has 1 amide bonds. The van der Waals surface area contributed by atoms with Crippen LogP contribution in [0.1, 0.15) is 31.7 Å². The summed E-state index contributed by atoms with van der Waals surface area (Å²) in [6, 6.07) is 11.9. The number of likely N-dealkylation sites (tertiary alicyclic amines) is 1. The minimum Gasteiger partial charge on any atom is -0.484 e. The van der Waals surface area contributed by atoms with Crippen LogP contribution in [0, 0.1) is 11.4 Å². The highest BCUT2D eigenvalue weighted by molar-refractivity contribution is 5.74. The smallest absolute Gasteiger partial charge is 0.409 e. The fourth-order valence-corrected chi connectivity index (χ4v) is 6.35.